The lowest BCUT2D eigenvalue weighted by molar-refractivity contribution is -0.144. The Hall–Kier alpha value is -0.210. The first kappa shape index (κ1) is 28.4. The van der Waals surface area contributed by atoms with Crippen LogP contribution in [0.5, 0.6) is 0 Å². The third-order valence-corrected chi connectivity index (χ3v) is 10.6. The maximum atomic E-state index is 11.2. The van der Waals surface area contributed by atoms with Crippen LogP contribution in [-0.4, -0.2) is 54.4 Å². The molecule has 3 aliphatic carbocycles. The second-order valence-electron chi connectivity index (χ2n) is 12.1. The lowest BCUT2D eigenvalue weighted by Gasteiger charge is -2.58. The Morgan fingerprint density at radius 1 is 1.06 bits per heavy atom. The third kappa shape index (κ3) is 7.18. The van der Waals surface area contributed by atoms with E-state index in [1.54, 1.807) is 0 Å². The molecular formula is C27H50O6S. The smallest absolute Gasteiger partial charge is 0.267 e. The molecule has 0 aliphatic heterocycles. The highest BCUT2D eigenvalue weighted by atomic mass is 32.2. The highest BCUT2D eigenvalue weighted by molar-refractivity contribution is 7.85. The number of ether oxygens (including phenoxy) is 1. The summed E-state index contributed by atoms with van der Waals surface area (Å²) in [5, 5.41) is 21.5. The zero-order valence-corrected chi connectivity index (χ0v) is 22.5. The molecule has 200 valence electrons. The number of aliphatic hydroxyl groups excluding tert-OH is 2. The average Bonchev–Trinajstić information content (AvgIpc) is 3.26. The quantitative estimate of drug-likeness (QED) is 0.254. The first-order valence-electron chi connectivity index (χ1n) is 13.9. The Morgan fingerprint density at radius 2 is 1.82 bits per heavy atom. The van der Waals surface area contributed by atoms with Gasteiger partial charge in [-0.05, 0) is 105 Å². The van der Waals surface area contributed by atoms with Gasteiger partial charge in [0.1, 0.15) is 0 Å². The van der Waals surface area contributed by atoms with Crippen LogP contribution in [-0.2, 0) is 14.9 Å². The predicted octanol–water partition coefficient (Wildman–Crippen LogP) is 5.08. The summed E-state index contributed by atoms with van der Waals surface area (Å²) in [7, 11) is -3.94. The lowest BCUT2D eigenvalue weighted by atomic mass is 9.48. The summed E-state index contributed by atoms with van der Waals surface area (Å²) in [4.78, 5) is 0. The fourth-order valence-electron chi connectivity index (χ4n) is 7.95. The zero-order valence-electron chi connectivity index (χ0n) is 21.7. The molecule has 3 fully saturated rings. The van der Waals surface area contributed by atoms with Crippen molar-refractivity contribution < 1.29 is 27.9 Å². The van der Waals surface area contributed by atoms with E-state index >= 15 is 0 Å². The van der Waals surface area contributed by atoms with Crippen LogP contribution in [0.4, 0.5) is 0 Å². The van der Waals surface area contributed by atoms with Crippen molar-refractivity contribution in [2.45, 2.75) is 110 Å². The van der Waals surface area contributed by atoms with Crippen LogP contribution in [0.15, 0.2) is 0 Å². The number of unbranched alkanes of at least 4 members (excludes halogenated alkanes) is 1. The van der Waals surface area contributed by atoms with Gasteiger partial charge in [0.15, 0.2) is 0 Å². The predicted molar refractivity (Wildman–Crippen MR) is 135 cm³/mol. The van der Waals surface area contributed by atoms with Crippen LogP contribution >= 0.6 is 0 Å². The molecule has 0 spiro atoms. The fourth-order valence-corrected chi connectivity index (χ4v) is 8.28. The topological polar surface area (TPSA) is 104 Å². The van der Waals surface area contributed by atoms with Crippen molar-refractivity contribution in [2.24, 2.45) is 40.9 Å². The molecule has 34 heavy (non-hydrogen) atoms. The van der Waals surface area contributed by atoms with Crippen LogP contribution in [0.25, 0.3) is 0 Å². The molecule has 0 aromatic heterocycles. The second kappa shape index (κ2) is 12.4. The molecule has 6 nitrogen and oxygen atoms in total. The first-order valence-corrected chi connectivity index (χ1v) is 15.5. The van der Waals surface area contributed by atoms with Gasteiger partial charge in [-0.2, -0.15) is 8.42 Å². The molecule has 3 N–H and O–H groups in total. The van der Waals surface area contributed by atoms with Crippen LogP contribution in [0.2, 0.25) is 0 Å². The van der Waals surface area contributed by atoms with Gasteiger partial charge in [-0.3, -0.25) is 4.55 Å². The number of rotatable bonds is 12. The maximum Gasteiger partial charge on any atom is 0.267 e. The summed E-state index contributed by atoms with van der Waals surface area (Å²) in [6.45, 7) is 7.64. The Balaban J connectivity index is 1.54. The second-order valence-corrected chi connectivity index (χ2v) is 13.7. The third-order valence-electron chi connectivity index (χ3n) is 9.96. The fraction of sp³-hybridized carbons (Fsp3) is 1.00. The molecule has 9 unspecified atom stereocenters. The average molecular weight is 503 g/mol. The van der Waals surface area contributed by atoms with Gasteiger partial charge in [-0.1, -0.05) is 33.6 Å². The summed E-state index contributed by atoms with van der Waals surface area (Å²) >= 11 is 0. The van der Waals surface area contributed by atoms with E-state index < -0.39 is 10.1 Å². The van der Waals surface area contributed by atoms with Crippen molar-refractivity contribution >= 4 is 10.1 Å². The molecule has 7 heteroatoms. The molecule has 9 atom stereocenters. The number of hydrogen-bond donors (Lipinski definition) is 3. The number of hydrogen-bond acceptors (Lipinski definition) is 5. The molecule has 3 aliphatic rings. The van der Waals surface area contributed by atoms with Crippen LogP contribution < -0.4 is 0 Å². The molecule has 0 amide bonds. The molecule has 0 aromatic carbocycles. The standard InChI is InChI=1S/C27H50O6S/c1-4-5-8-24-23(18-26(29)25-17-22(28)11-12-27(24,25)3)21-10-9-20(16-21)19(2)7-6-13-33-14-15-34(30,31)32/h19-26,28-29H,4-18H2,1-3H3,(H,30,31,32). The molecule has 0 saturated heterocycles. The molecular weight excluding hydrogens is 452 g/mol. The highest BCUT2D eigenvalue weighted by Crippen LogP contribution is 2.60. The van der Waals surface area contributed by atoms with Gasteiger partial charge < -0.3 is 14.9 Å². The normalized spacial score (nSPS) is 39.6. The van der Waals surface area contributed by atoms with E-state index in [0.29, 0.717) is 36.2 Å². The van der Waals surface area contributed by atoms with Crippen molar-refractivity contribution in [1.29, 1.82) is 0 Å². The monoisotopic (exact) mass is 502 g/mol. The molecule has 0 heterocycles. The summed E-state index contributed by atoms with van der Waals surface area (Å²) in [5.74, 6) is 3.18. The van der Waals surface area contributed by atoms with Crippen LogP contribution in [0, 0.1) is 40.9 Å². The number of fused-ring (bicyclic) bond motifs is 1. The van der Waals surface area contributed by atoms with Gasteiger partial charge in [-0.25, -0.2) is 0 Å². The summed E-state index contributed by atoms with van der Waals surface area (Å²) in [6, 6.07) is 0. The van der Waals surface area contributed by atoms with Crippen molar-refractivity contribution in [2.75, 3.05) is 19.0 Å². The molecule has 0 aromatic rings. The number of aliphatic hydroxyl groups is 2. The molecule has 3 saturated carbocycles. The molecule has 0 radical (unpaired) electrons. The van der Waals surface area contributed by atoms with Gasteiger partial charge in [0.05, 0.1) is 24.6 Å². The van der Waals surface area contributed by atoms with E-state index in [1.165, 1.54) is 38.5 Å². The van der Waals surface area contributed by atoms with E-state index in [-0.39, 0.29) is 35.9 Å². The van der Waals surface area contributed by atoms with E-state index in [4.69, 9.17) is 9.29 Å². The van der Waals surface area contributed by atoms with Gasteiger partial charge in [0.2, 0.25) is 0 Å². The Labute approximate surface area is 208 Å². The van der Waals surface area contributed by atoms with Gasteiger partial charge in [-0.15, -0.1) is 0 Å². The molecule has 3 rings (SSSR count). The van der Waals surface area contributed by atoms with Gasteiger partial charge in [0, 0.05) is 6.61 Å². The van der Waals surface area contributed by atoms with E-state index in [1.807, 2.05) is 0 Å². The largest absolute Gasteiger partial charge is 0.393 e. The van der Waals surface area contributed by atoms with Crippen molar-refractivity contribution in [3.8, 4) is 0 Å². The minimum absolute atomic E-state index is 0.0542. The Kier molecular flexibility index (Phi) is 10.3. The van der Waals surface area contributed by atoms with Crippen molar-refractivity contribution in [3.63, 3.8) is 0 Å². The van der Waals surface area contributed by atoms with Crippen molar-refractivity contribution in [3.05, 3.63) is 0 Å². The van der Waals surface area contributed by atoms with E-state index in [9.17, 15) is 18.6 Å². The SMILES string of the molecule is CCCCC1C(C2CCC(C(C)CCCOCCS(=O)(=O)O)C2)CC(O)C2CC(O)CCC21C. The maximum absolute atomic E-state index is 11.2. The first-order chi connectivity index (χ1) is 16.0. The van der Waals surface area contributed by atoms with E-state index in [0.717, 1.165) is 38.5 Å². The van der Waals surface area contributed by atoms with Crippen LogP contribution in [0.3, 0.4) is 0 Å². The highest BCUT2D eigenvalue weighted by Gasteiger charge is 2.55. The Morgan fingerprint density at radius 3 is 2.53 bits per heavy atom. The molecule has 0 bridgehead atoms. The van der Waals surface area contributed by atoms with Crippen LogP contribution in [0.1, 0.15) is 97.8 Å². The van der Waals surface area contributed by atoms with Crippen molar-refractivity contribution in [1.82, 2.24) is 0 Å². The minimum Gasteiger partial charge on any atom is -0.393 e. The van der Waals surface area contributed by atoms with E-state index in [2.05, 4.69) is 20.8 Å². The Bertz CT molecular complexity index is 727. The summed E-state index contributed by atoms with van der Waals surface area (Å²) < 4.78 is 35.7. The summed E-state index contributed by atoms with van der Waals surface area (Å²) in [6.07, 6.45) is 12.6. The van der Waals surface area contributed by atoms with Gasteiger partial charge in [0.25, 0.3) is 10.1 Å². The lowest BCUT2D eigenvalue weighted by Crippen LogP contribution is -2.54. The summed E-state index contributed by atoms with van der Waals surface area (Å²) in [5.41, 5.74) is 0.153. The van der Waals surface area contributed by atoms with Gasteiger partial charge >= 0.3 is 0 Å². The minimum atomic E-state index is -3.94. The zero-order chi connectivity index (χ0) is 24.9.